The van der Waals surface area contributed by atoms with E-state index in [0.717, 1.165) is 26.8 Å². The molecule has 2 heterocycles. The topological polar surface area (TPSA) is 43.8 Å². The summed E-state index contributed by atoms with van der Waals surface area (Å²) in [5.41, 5.74) is 7.77. The van der Waals surface area contributed by atoms with Crippen LogP contribution in [0.1, 0.15) is 0 Å². The van der Waals surface area contributed by atoms with E-state index in [1.54, 1.807) is 6.20 Å². The normalized spacial score (nSPS) is 11.4. The van der Waals surface area contributed by atoms with Crippen LogP contribution in [0.2, 0.25) is 5.02 Å². The molecule has 0 atom stereocenters. The Bertz CT molecular complexity index is 700. The van der Waals surface area contributed by atoms with E-state index in [2.05, 4.69) is 4.98 Å². The summed E-state index contributed by atoms with van der Waals surface area (Å²) < 4.78 is 2.04. The quantitative estimate of drug-likeness (QED) is 0.647. The highest BCUT2D eigenvalue weighted by molar-refractivity contribution is 6.36. The Hall–Kier alpha value is -1.74. The molecule has 0 saturated carbocycles. The lowest BCUT2D eigenvalue weighted by Crippen LogP contribution is -1.91. The van der Waals surface area contributed by atoms with E-state index < -0.39 is 0 Å². The smallest absolute Gasteiger partial charge is 0.124 e. The summed E-state index contributed by atoms with van der Waals surface area (Å²) in [5, 5.41) is 2.95. The highest BCUT2D eigenvalue weighted by atomic mass is 35.5. The van der Waals surface area contributed by atoms with Gasteiger partial charge in [-0.05, 0) is 12.1 Å². The van der Waals surface area contributed by atoms with Gasteiger partial charge in [-0.25, -0.2) is 4.98 Å². The zero-order valence-corrected chi connectivity index (χ0v) is 9.49. The van der Waals surface area contributed by atoms with Gasteiger partial charge in [0.2, 0.25) is 0 Å². The fourth-order valence-electron chi connectivity index (χ4n) is 2.14. The number of benzene rings is 1. The first-order valence-electron chi connectivity index (χ1n) is 4.96. The van der Waals surface area contributed by atoms with Crippen LogP contribution in [0, 0.1) is 0 Å². The minimum absolute atomic E-state index is 0.528. The zero-order chi connectivity index (χ0) is 11.3. The van der Waals surface area contributed by atoms with Crippen LogP contribution in [-0.2, 0) is 7.05 Å². The van der Waals surface area contributed by atoms with Gasteiger partial charge in [0.1, 0.15) is 5.82 Å². The van der Waals surface area contributed by atoms with Crippen LogP contribution in [0.3, 0.4) is 0 Å². The van der Waals surface area contributed by atoms with Crippen molar-refractivity contribution in [2.24, 2.45) is 7.05 Å². The van der Waals surface area contributed by atoms with E-state index in [0.29, 0.717) is 5.82 Å². The standard InChI is InChI=1S/C12H10ClN3/c1-16-10-6-15-11(14)5-8(10)7-3-2-4-9(13)12(7)16/h2-6H,1H3,(H2,14,15). The molecule has 80 valence electrons. The van der Waals surface area contributed by atoms with Crippen molar-refractivity contribution in [2.45, 2.75) is 0 Å². The van der Waals surface area contributed by atoms with Crippen LogP contribution in [0.4, 0.5) is 5.82 Å². The number of anilines is 1. The zero-order valence-electron chi connectivity index (χ0n) is 8.74. The number of hydrogen-bond acceptors (Lipinski definition) is 2. The highest BCUT2D eigenvalue weighted by Gasteiger charge is 2.10. The minimum atomic E-state index is 0.528. The van der Waals surface area contributed by atoms with Gasteiger partial charge in [-0.3, -0.25) is 0 Å². The number of pyridine rings is 1. The number of aryl methyl sites for hydroxylation is 1. The second kappa shape index (κ2) is 3.12. The molecule has 2 aromatic heterocycles. The summed E-state index contributed by atoms with van der Waals surface area (Å²) >= 11 is 6.20. The largest absolute Gasteiger partial charge is 0.384 e. The van der Waals surface area contributed by atoms with Crippen molar-refractivity contribution in [1.82, 2.24) is 9.55 Å². The second-order valence-electron chi connectivity index (χ2n) is 3.82. The first-order chi connectivity index (χ1) is 7.68. The minimum Gasteiger partial charge on any atom is -0.384 e. The summed E-state index contributed by atoms with van der Waals surface area (Å²) in [7, 11) is 1.98. The van der Waals surface area contributed by atoms with Gasteiger partial charge in [-0.2, -0.15) is 0 Å². The summed E-state index contributed by atoms with van der Waals surface area (Å²) in [6.07, 6.45) is 1.78. The molecule has 0 spiro atoms. The first-order valence-corrected chi connectivity index (χ1v) is 5.34. The molecule has 0 fully saturated rings. The molecular weight excluding hydrogens is 222 g/mol. The van der Waals surface area contributed by atoms with Crippen molar-refractivity contribution in [3.63, 3.8) is 0 Å². The van der Waals surface area contributed by atoms with Gasteiger partial charge in [-0.15, -0.1) is 0 Å². The number of para-hydroxylation sites is 1. The second-order valence-corrected chi connectivity index (χ2v) is 4.23. The number of hydrogen-bond donors (Lipinski definition) is 1. The molecular formula is C12H10ClN3. The maximum atomic E-state index is 6.20. The Morgan fingerprint density at radius 1 is 1.31 bits per heavy atom. The molecule has 16 heavy (non-hydrogen) atoms. The van der Waals surface area contributed by atoms with Gasteiger partial charge >= 0.3 is 0 Å². The molecule has 3 aromatic rings. The summed E-state index contributed by atoms with van der Waals surface area (Å²) in [6.45, 7) is 0. The first kappa shape index (κ1) is 9.48. The number of fused-ring (bicyclic) bond motifs is 3. The Labute approximate surface area is 97.4 Å². The predicted molar refractivity (Wildman–Crippen MR) is 67.6 cm³/mol. The third-order valence-corrected chi connectivity index (χ3v) is 3.18. The van der Waals surface area contributed by atoms with E-state index in [9.17, 15) is 0 Å². The number of aromatic nitrogens is 2. The van der Waals surface area contributed by atoms with Crippen LogP contribution < -0.4 is 5.73 Å². The van der Waals surface area contributed by atoms with Gasteiger partial charge < -0.3 is 10.3 Å². The van der Waals surface area contributed by atoms with Crippen molar-refractivity contribution in [3.8, 4) is 0 Å². The number of rotatable bonds is 0. The highest BCUT2D eigenvalue weighted by Crippen LogP contribution is 2.32. The molecule has 4 heteroatoms. The van der Waals surface area contributed by atoms with Gasteiger partial charge in [0, 0.05) is 17.8 Å². The van der Waals surface area contributed by atoms with E-state index >= 15 is 0 Å². The van der Waals surface area contributed by atoms with E-state index in [1.807, 2.05) is 35.9 Å². The molecule has 3 nitrogen and oxygen atoms in total. The average molecular weight is 232 g/mol. The Morgan fingerprint density at radius 2 is 2.12 bits per heavy atom. The molecule has 0 radical (unpaired) electrons. The molecule has 0 aliphatic rings. The van der Waals surface area contributed by atoms with Gasteiger partial charge in [0.05, 0.1) is 22.3 Å². The molecule has 0 aliphatic carbocycles. The van der Waals surface area contributed by atoms with Gasteiger partial charge in [0.25, 0.3) is 0 Å². The molecule has 1 aromatic carbocycles. The van der Waals surface area contributed by atoms with Crippen molar-refractivity contribution in [3.05, 3.63) is 35.5 Å². The van der Waals surface area contributed by atoms with Crippen LogP contribution in [0.15, 0.2) is 30.5 Å². The molecule has 0 aliphatic heterocycles. The summed E-state index contributed by atoms with van der Waals surface area (Å²) in [5.74, 6) is 0.528. The maximum Gasteiger partial charge on any atom is 0.124 e. The van der Waals surface area contributed by atoms with E-state index in [-0.39, 0.29) is 0 Å². The van der Waals surface area contributed by atoms with E-state index in [4.69, 9.17) is 17.3 Å². The van der Waals surface area contributed by atoms with Crippen LogP contribution in [0.25, 0.3) is 21.8 Å². The predicted octanol–water partition coefficient (Wildman–Crippen LogP) is 2.96. The lowest BCUT2D eigenvalue weighted by atomic mass is 10.2. The number of nitrogen functional groups attached to an aromatic ring is 1. The van der Waals surface area contributed by atoms with Gasteiger partial charge in [0.15, 0.2) is 0 Å². The SMILES string of the molecule is Cn1c2cnc(N)cc2c2cccc(Cl)c21. The van der Waals surface area contributed by atoms with Crippen LogP contribution >= 0.6 is 11.6 Å². The Kier molecular flexibility index (Phi) is 1.85. The van der Waals surface area contributed by atoms with Crippen molar-refractivity contribution in [1.29, 1.82) is 0 Å². The van der Waals surface area contributed by atoms with Crippen LogP contribution in [0.5, 0.6) is 0 Å². The summed E-state index contributed by atoms with van der Waals surface area (Å²) in [6, 6.07) is 7.76. The average Bonchev–Trinajstić information content (AvgIpc) is 2.54. The summed E-state index contributed by atoms with van der Waals surface area (Å²) in [4.78, 5) is 4.11. The third kappa shape index (κ3) is 1.12. The van der Waals surface area contributed by atoms with Crippen molar-refractivity contribution in [2.75, 3.05) is 5.73 Å². The molecule has 0 unspecified atom stereocenters. The number of nitrogens with zero attached hydrogens (tertiary/aromatic N) is 2. The van der Waals surface area contributed by atoms with E-state index in [1.165, 1.54) is 0 Å². The lowest BCUT2D eigenvalue weighted by molar-refractivity contribution is 1.01. The fourth-order valence-corrected chi connectivity index (χ4v) is 2.44. The fraction of sp³-hybridized carbons (Fsp3) is 0.0833. The number of nitrogens with two attached hydrogens (primary N) is 1. The van der Waals surface area contributed by atoms with Crippen molar-refractivity contribution >= 4 is 39.2 Å². The molecule has 2 N–H and O–H groups in total. The van der Waals surface area contributed by atoms with Crippen LogP contribution in [-0.4, -0.2) is 9.55 Å². The number of halogens is 1. The Balaban J connectivity index is 2.65. The maximum absolute atomic E-state index is 6.20. The third-order valence-electron chi connectivity index (χ3n) is 2.88. The molecule has 0 bridgehead atoms. The Morgan fingerprint density at radius 3 is 2.94 bits per heavy atom. The monoisotopic (exact) mass is 231 g/mol. The molecule has 0 saturated heterocycles. The lowest BCUT2D eigenvalue weighted by Gasteiger charge is -1.98. The van der Waals surface area contributed by atoms with Crippen molar-refractivity contribution < 1.29 is 0 Å². The molecule has 0 amide bonds. The van der Waals surface area contributed by atoms with Gasteiger partial charge in [-0.1, -0.05) is 23.7 Å². The molecule has 3 rings (SSSR count).